The first-order valence-electron chi connectivity index (χ1n) is 2.86. The van der Waals surface area contributed by atoms with Gasteiger partial charge in [-0.3, -0.25) is 4.79 Å². The number of hydrogen-bond acceptors (Lipinski definition) is 3. The van der Waals surface area contributed by atoms with Crippen molar-refractivity contribution < 1.29 is 5.11 Å². The fourth-order valence-electron chi connectivity index (χ4n) is 0.586. The van der Waals surface area contributed by atoms with Gasteiger partial charge in [0.2, 0.25) is 0 Å². The first-order chi connectivity index (χ1) is 4.74. The van der Waals surface area contributed by atoms with Crippen LogP contribution in [0, 0.1) is 0 Å². The van der Waals surface area contributed by atoms with Gasteiger partial charge < -0.3 is 9.67 Å². The minimum atomic E-state index is -0.184. The number of aliphatic hydroxyl groups is 1. The molecule has 1 aromatic rings. The van der Waals surface area contributed by atoms with Crippen molar-refractivity contribution in [3.63, 3.8) is 0 Å². The molecule has 1 N–H and O–H groups in total. The third-order valence-corrected chi connectivity index (χ3v) is 1.20. The second kappa shape index (κ2) is 2.62. The standard InChI is InChI=1S/C6H8N2O2/c1-8-4-7-5(3-9)2-6(8)10/h2,4,9H,3H2,1H3. The molecular weight excluding hydrogens is 132 g/mol. The fourth-order valence-corrected chi connectivity index (χ4v) is 0.586. The number of aromatic nitrogens is 2. The first kappa shape index (κ1) is 6.95. The molecule has 0 bridgehead atoms. The van der Waals surface area contributed by atoms with Crippen molar-refractivity contribution in [2.45, 2.75) is 6.61 Å². The molecule has 4 heteroatoms. The van der Waals surface area contributed by atoms with Crippen LogP contribution < -0.4 is 5.56 Å². The van der Waals surface area contributed by atoms with E-state index in [0.29, 0.717) is 5.69 Å². The van der Waals surface area contributed by atoms with E-state index in [1.165, 1.54) is 17.0 Å². The molecule has 0 aliphatic rings. The molecule has 0 aromatic carbocycles. The maximum atomic E-state index is 10.8. The molecule has 4 nitrogen and oxygen atoms in total. The van der Waals surface area contributed by atoms with Crippen molar-refractivity contribution in [3.8, 4) is 0 Å². The largest absolute Gasteiger partial charge is 0.390 e. The molecular formula is C6H8N2O2. The summed E-state index contributed by atoms with van der Waals surface area (Å²) in [5.74, 6) is 0. The van der Waals surface area contributed by atoms with Crippen molar-refractivity contribution >= 4 is 0 Å². The molecule has 0 aliphatic heterocycles. The summed E-state index contributed by atoms with van der Waals surface area (Å²) in [6.45, 7) is -0.184. The van der Waals surface area contributed by atoms with Crippen LogP contribution in [0.1, 0.15) is 5.69 Å². The Bertz CT molecular complexity index is 279. The molecule has 0 radical (unpaired) electrons. The zero-order chi connectivity index (χ0) is 7.56. The summed E-state index contributed by atoms with van der Waals surface area (Å²) < 4.78 is 1.35. The van der Waals surface area contributed by atoms with Gasteiger partial charge in [0.1, 0.15) is 0 Å². The number of aryl methyl sites for hydroxylation is 1. The van der Waals surface area contributed by atoms with E-state index in [1.54, 1.807) is 7.05 Å². The predicted octanol–water partition coefficient (Wildman–Crippen LogP) is -0.727. The molecule has 0 aliphatic carbocycles. The highest BCUT2D eigenvalue weighted by molar-refractivity contribution is 4.96. The smallest absolute Gasteiger partial charge is 0.253 e. The van der Waals surface area contributed by atoms with Crippen LogP contribution in [-0.4, -0.2) is 14.7 Å². The first-order valence-corrected chi connectivity index (χ1v) is 2.86. The van der Waals surface area contributed by atoms with Crippen LogP contribution in [0.4, 0.5) is 0 Å². The van der Waals surface area contributed by atoms with E-state index in [1.807, 2.05) is 0 Å². The van der Waals surface area contributed by atoms with Crippen LogP contribution in [0.25, 0.3) is 0 Å². The Morgan fingerprint density at radius 2 is 2.50 bits per heavy atom. The van der Waals surface area contributed by atoms with Crippen LogP contribution in [0.5, 0.6) is 0 Å². The lowest BCUT2D eigenvalue weighted by molar-refractivity contribution is 0.276. The van der Waals surface area contributed by atoms with Crippen molar-refractivity contribution in [1.29, 1.82) is 0 Å². The molecule has 1 rings (SSSR count). The number of aliphatic hydroxyl groups excluding tert-OH is 1. The zero-order valence-electron chi connectivity index (χ0n) is 5.61. The van der Waals surface area contributed by atoms with E-state index < -0.39 is 0 Å². The second-order valence-electron chi connectivity index (χ2n) is 1.99. The van der Waals surface area contributed by atoms with Gasteiger partial charge in [0, 0.05) is 13.1 Å². The Morgan fingerprint density at radius 1 is 1.80 bits per heavy atom. The minimum absolute atomic E-state index is 0.154. The van der Waals surface area contributed by atoms with Crippen LogP contribution in [0.3, 0.4) is 0 Å². The molecule has 0 amide bonds. The highest BCUT2D eigenvalue weighted by Crippen LogP contribution is 1.84. The highest BCUT2D eigenvalue weighted by Gasteiger charge is 1.92. The van der Waals surface area contributed by atoms with Gasteiger partial charge >= 0.3 is 0 Å². The van der Waals surface area contributed by atoms with Crippen molar-refractivity contribution in [3.05, 3.63) is 28.4 Å². The number of rotatable bonds is 1. The Hall–Kier alpha value is -1.16. The zero-order valence-corrected chi connectivity index (χ0v) is 5.61. The van der Waals surface area contributed by atoms with Gasteiger partial charge in [-0.15, -0.1) is 0 Å². The number of nitrogens with zero attached hydrogens (tertiary/aromatic N) is 2. The highest BCUT2D eigenvalue weighted by atomic mass is 16.3. The SMILES string of the molecule is Cn1cnc(CO)cc1=O. The van der Waals surface area contributed by atoms with Gasteiger partial charge in [-0.25, -0.2) is 4.98 Å². The van der Waals surface area contributed by atoms with Crippen LogP contribution in [-0.2, 0) is 13.7 Å². The maximum absolute atomic E-state index is 10.8. The normalized spacial score (nSPS) is 9.80. The monoisotopic (exact) mass is 140 g/mol. The molecule has 54 valence electrons. The van der Waals surface area contributed by atoms with Crippen LogP contribution in [0.15, 0.2) is 17.2 Å². The Morgan fingerprint density at radius 3 is 3.00 bits per heavy atom. The van der Waals surface area contributed by atoms with E-state index in [0.717, 1.165) is 0 Å². The lowest BCUT2D eigenvalue weighted by Gasteiger charge is -1.95. The second-order valence-corrected chi connectivity index (χ2v) is 1.99. The molecule has 0 atom stereocenters. The molecule has 1 heterocycles. The van der Waals surface area contributed by atoms with Gasteiger partial charge in [-0.1, -0.05) is 0 Å². The number of hydrogen-bond donors (Lipinski definition) is 1. The van der Waals surface area contributed by atoms with Gasteiger partial charge in [0.05, 0.1) is 18.6 Å². The summed E-state index contributed by atoms with van der Waals surface area (Å²) in [5, 5.41) is 8.54. The third kappa shape index (κ3) is 1.22. The van der Waals surface area contributed by atoms with E-state index in [4.69, 9.17) is 5.11 Å². The summed E-state index contributed by atoms with van der Waals surface area (Å²) >= 11 is 0. The molecule has 0 saturated heterocycles. The molecule has 0 spiro atoms. The third-order valence-electron chi connectivity index (χ3n) is 1.20. The van der Waals surface area contributed by atoms with E-state index in [-0.39, 0.29) is 12.2 Å². The van der Waals surface area contributed by atoms with Crippen molar-refractivity contribution in [2.75, 3.05) is 0 Å². The maximum Gasteiger partial charge on any atom is 0.253 e. The van der Waals surface area contributed by atoms with Crippen molar-refractivity contribution in [1.82, 2.24) is 9.55 Å². The lowest BCUT2D eigenvalue weighted by Crippen LogP contribution is -2.16. The quantitative estimate of drug-likeness (QED) is 0.559. The Balaban J connectivity index is 3.17. The Kier molecular flexibility index (Phi) is 1.82. The summed E-state index contributed by atoms with van der Waals surface area (Å²) in [4.78, 5) is 14.6. The summed E-state index contributed by atoms with van der Waals surface area (Å²) in [6.07, 6.45) is 1.38. The van der Waals surface area contributed by atoms with Crippen LogP contribution in [0.2, 0.25) is 0 Å². The van der Waals surface area contributed by atoms with Crippen LogP contribution >= 0.6 is 0 Å². The van der Waals surface area contributed by atoms with E-state index in [2.05, 4.69) is 4.98 Å². The van der Waals surface area contributed by atoms with Gasteiger partial charge in [-0.2, -0.15) is 0 Å². The molecule has 0 unspecified atom stereocenters. The van der Waals surface area contributed by atoms with Gasteiger partial charge in [0.25, 0.3) is 5.56 Å². The average Bonchev–Trinajstić information content (AvgIpc) is 1.95. The van der Waals surface area contributed by atoms with E-state index in [9.17, 15) is 4.79 Å². The molecule has 10 heavy (non-hydrogen) atoms. The molecule has 0 saturated carbocycles. The summed E-state index contributed by atoms with van der Waals surface area (Å²) in [5.41, 5.74) is 0.252. The molecule has 0 fully saturated rings. The fraction of sp³-hybridized carbons (Fsp3) is 0.333. The van der Waals surface area contributed by atoms with Gasteiger partial charge in [-0.05, 0) is 0 Å². The average molecular weight is 140 g/mol. The molecule has 1 aromatic heterocycles. The summed E-state index contributed by atoms with van der Waals surface area (Å²) in [6, 6.07) is 1.31. The van der Waals surface area contributed by atoms with Crippen molar-refractivity contribution in [2.24, 2.45) is 7.05 Å². The lowest BCUT2D eigenvalue weighted by atomic mass is 10.4. The Labute approximate surface area is 57.8 Å². The van der Waals surface area contributed by atoms with Gasteiger partial charge in [0.15, 0.2) is 0 Å². The topological polar surface area (TPSA) is 55.1 Å². The minimum Gasteiger partial charge on any atom is -0.390 e. The summed E-state index contributed by atoms with van der Waals surface area (Å²) in [7, 11) is 1.61. The predicted molar refractivity (Wildman–Crippen MR) is 35.4 cm³/mol. The van der Waals surface area contributed by atoms with E-state index >= 15 is 0 Å².